The van der Waals surface area contributed by atoms with Crippen LogP contribution in [0.1, 0.15) is 45.4 Å². The van der Waals surface area contributed by atoms with Crippen LogP contribution in [0.4, 0.5) is 0 Å². The molecule has 15 heavy (non-hydrogen) atoms. The van der Waals surface area contributed by atoms with E-state index in [-0.39, 0.29) is 5.41 Å². The Hall–Kier alpha value is -0.0500. The Morgan fingerprint density at radius 2 is 2.13 bits per heavy atom. The van der Waals surface area contributed by atoms with Gasteiger partial charge in [-0.1, -0.05) is 22.9 Å². The van der Waals surface area contributed by atoms with Crippen LogP contribution in [-0.2, 0) is 4.79 Å². The zero-order valence-corrected chi connectivity index (χ0v) is 11.1. The summed E-state index contributed by atoms with van der Waals surface area (Å²) in [6.07, 6.45) is 6.75. The van der Waals surface area contributed by atoms with E-state index in [4.69, 9.17) is 0 Å². The predicted molar refractivity (Wildman–Crippen MR) is 65.1 cm³/mol. The molecule has 1 atom stereocenters. The standard InChI is InChI=1S/C12H20BrNO/c1-2-12(6-7-12)11(15)14-8-3-4-10(13)5-9-14/h10H,2-9H2,1H3. The summed E-state index contributed by atoms with van der Waals surface area (Å²) in [6.45, 7) is 4.08. The van der Waals surface area contributed by atoms with Crippen molar-refractivity contribution in [2.75, 3.05) is 13.1 Å². The summed E-state index contributed by atoms with van der Waals surface area (Å²) in [5.41, 5.74) is 0.0617. The van der Waals surface area contributed by atoms with E-state index in [0.29, 0.717) is 10.7 Å². The normalized spacial score (nSPS) is 29.7. The number of carbonyl (C=O) groups is 1. The van der Waals surface area contributed by atoms with Gasteiger partial charge in [0.2, 0.25) is 5.91 Å². The molecule has 0 spiro atoms. The number of rotatable bonds is 2. The Morgan fingerprint density at radius 1 is 1.40 bits per heavy atom. The van der Waals surface area contributed by atoms with E-state index >= 15 is 0 Å². The lowest BCUT2D eigenvalue weighted by atomic mass is 10.0. The summed E-state index contributed by atoms with van der Waals surface area (Å²) in [5.74, 6) is 0.437. The Bertz CT molecular complexity index is 250. The molecule has 0 aromatic heterocycles. The number of alkyl halides is 1. The van der Waals surface area contributed by atoms with E-state index in [9.17, 15) is 4.79 Å². The number of carbonyl (C=O) groups excluding carboxylic acids is 1. The highest BCUT2D eigenvalue weighted by molar-refractivity contribution is 9.09. The molecule has 3 heteroatoms. The van der Waals surface area contributed by atoms with Crippen LogP contribution in [0.2, 0.25) is 0 Å². The van der Waals surface area contributed by atoms with Crippen LogP contribution >= 0.6 is 15.9 Å². The smallest absolute Gasteiger partial charge is 0.228 e. The van der Waals surface area contributed by atoms with Crippen LogP contribution in [0.5, 0.6) is 0 Å². The summed E-state index contributed by atoms with van der Waals surface area (Å²) in [5, 5.41) is 0. The molecule has 1 unspecified atom stereocenters. The van der Waals surface area contributed by atoms with Gasteiger partial charge < -0.3 is 4.90 Å². The first kappa shape index (κ1) is 11.4. The van der Waals surface area contributed by atoms with Crippen LogP contribution in [0.25, 0.3) is 0 Å². The minimum Gasteiger partial charge on any atom is -0.342 e. The quantitative estimate of drug-likeness (QED) is 0.709. The summed E-state index contributed by atoms with van der Waals surface area (Å²) >= 11 is 3.66. The third-order valence-electron chi connectivity index (χ3n) is 3.93. The summed E-state index contributed by atoms with van der Waals surface area (Å²) in [6, 6.07) is 0. The summed E-state index contributed by atoms with van der Waals surface area (Å²) in [4.78, 5) is 15.0. The molecular weight excluding hydrogens is 254 g/mol. The number of hydrogen-bond donors (Lipinski definition) is 0. The Labute approximate surface area is 101 Å². The molecule has 0 aromatic carbocycles. The molecule has 0 aromatic rings. The minimum absolute atomic E-state index is 0.0617. The maximum Gasteiger partial charge on any atom is 0.228 e. The maximum atomic E-state index is 12.3. The highest BCUT2D eigenvalue weighted by Gasteiger charge is 2.49. The second kappa shape index (κ2) is 4.44. The molecule has 1 aliphatic heterocycles. The largest absolute Gasteiger partial charge is 0.342 e. The average Bonchev–Trinajstić information content (AvgIpc) is 3.02. The fraction of sp³-hybridized carbons (Fsp3) is 0.917. The molecular formula is C12H20BrNO. The van der Waals surface area contributed by atoms with E-state index in [1.54, 1.807) is 0 Å². The topological polar surface area (TPSA) is 20.3 Å². The van der Waals surface area contributed by atoms with Crippen molar-refractivity contribution in [2.45, 2.75) is 50.3 Å². The predicted octanol–water partition coefficient (Wildman–Crippen LogP) is 2.95. The van der Waals surface area contributed by atoms with Gasteiger partial charge in [-0.2, -0.15) is 0 Å². The van der Waals surface area contributed by atoms with Crippen LogP contribution < -0.4 is 0 Å². The lowest BCUT2D eigenvalue weighted by molar-refractivity contribution is -0.137. The van der Waals surface area contributed by atoms with Gasteiger partial charge >= 0.3 is 0 Å². The highest BCUT2D eigenvalue weighted by atomic mass is 79.9. The number of amides is 1. The molecule has 0 bridgehead atoms. The number of halogens is 1. The first-order valence-electron chi connectivity index (χ1n) is 6.11. The second-order valence-corrected chi connectivity index (χ2v) is 6.25. The van der Waals surface area contributed by atoms with Gasteiger partial charge in [0.1, 0.15) is 0 Å². The van der Waals surface area contributed by atoms with Crippen molar-refractivity contribution in [1.29, 1.82) is 0 Å². The lowest BCUT2D eigenvalue weighted by Gasteiger charge is -2.25. The molecule has 2 nitrogen and oxygen atoms in total. The van der Waals surface area contributed by atoms with E-state index in [2.05, 4.69) is 27.8 Å². The fourth-order valence-electron chi connectivity index (χ4n) is 2.46. The SMILES string of the molecule is CCC1(C(=O)N2CCCC(Br)CC2)CC1. The van der Waals surface area contributed by atoms with Gasteiger partial charge in [-0.05, 0) is 38.5 Å². The lowest BCUT2D eigenvalue weighted by Crippen LogP contribution is -2.37. The first-order valence-corrected chi connectivity index (χ1v) is 7.03. The summed E-state index contributed by atoms with van der Waals surface area (Å²) in [7, 11) is 0. The Morgan fingerprint density at radius 3 is 2.73 bits per heavy atom. The number of likely N-dealkylation sites (tertiary alicyclic amines) is 1. The van der Waals surface area contributed by atoms with E-state index in [1.165, 1.54) is 6.42 Å². The van der Waals surface area contributed by atoms with Crippen molar-refractivity contribution < 1.29 is 4.79 Å². The second-order valence-electron chi connectivity index (χ2n) is 4.95. The molecule has 2 fully saturated rings. The first-order chi connectivity index (χ1) is 7.18. The zero-order valence-electron chi connectivity index (χ0n) is 9.47. The molecule has 2 aliphatic rings. The van der Waals surface area contributed by atoms with E-state index in [1.807, 2.05) is 0 Å². The van der Waals surface area contributed by atoms with Crippen LogP contribution in [0, 0.1) is 5.41 Å². The van der Waals surface area contributed by atoms with Gasteiger partial charge in [0.15, 0.2) is 0 Å². The van der Waals surface area contributed by atoms with Crippen molar-refractivity contribution in [2.24, 2.45) is 5.41 Å². The van der Waals surface area contributed by atoms with Gasteiger partial charge in [0.05, 0.1) is 0 Å². The third kappa shape index (κ3) is 2.38. The molecule has 1 aliphatic carbocycles. The highest BCUT2D eigenvalue weighted by Crippen LogP contribution is 2.50. The summed E-state index contributed by atoms with van der Waals surface area (Å²) < 4.78 is 0. The fourth-order valence-corrected chi connectivity index (χ4v) is 2.99. The van der Waals surface area contributed by atoms with Gasteiger partial charge in [-0.25, -0.2) is 0 Å². The molecule has 2 rings (SSSR count). The van der Waals surface area contributed by atoms with Crippen molar-refractivity contribution in [1.82, 2.24) is 4.90 Å². The van der Waals surface area contributed by atoms with Crippen LogP contribution in [0.15, 0.2) is 0 Å². The molecule has 1 saturated heterocycles. The van der Waals surface area contributed by atoms with Gasteiger partial charge in [0, 0.05) is 23.3 Å². The van der Waals surface area contributed by atoms with Crippen molar-refractivity contribution in [3.63, 3.8) is 0 Å². The maximum absolute atomic E-state index is 12.3. The Balaban J connectivity index is 1.95. The molecule has 86 valence electrons. The molecule has 1 saturated carbocycles. The van der Waals surface area contributed by atoms with Crippen LogP contribution in [0.3, 0.4) is 0 Å². The van der Waals surface area contributed by atoms with Crippen LogP contribution in [-0.4, -0.2) is 28.7 Å². The van der Waals surface area contributed by atoms with Crippen molar-refractivity contribution in [3.05, 3.63) is 0 Å². The molecule has 0 N–H and O–H groups in total. The number of hydrogen-bond acceptors (Lipinski definition) is 1. The molecule has 1 amide bonds. The van der Waals surface area contributed by atoms with Crippen molar-refractivity contribution >= 4 is 21.8 Å². The Kier molecular flexibility index (Phi) is 3.39. The van der Waals surface area contributed by atoms with Gasteiger partial charge in [-0.3, -0.25) is 4.79 Å². The molecule has 1 heterocycles. The van der Waals surface area contributed by atoms with E-state index < -0.39 is 0 Å². The average molecular weight is 274 g/mol. The van der Waals surface area contributed by atoms with Gasteiger partial charge in [0.25, 0.3) is 0 Å². The minimum atomic E-state index is 0.0617. The van der Waals surface area contributed by atoms with E-state index in [0.717, 1.165) is 45.2 Å². The molecule has 0 radical (unpaired) electrons. The number of nitrogens with zero attached hydrogens (tertiary/aromatic N) is 1. The third-order valence-corrected chi connectivity index (χ3v) is 4.84. The zero-order chi connectivity index (χ0) is 10.9. The van der Waals surface area contributed by atoms with Crippen molar-refractivity contribution in [3.8, 4) is 0 Å². The van der Waals surface area contributed by atoms with Gasteiger partial charge in [-0.15, -0.1) is 0 Å². The monoisotopic (exact) mass is 273 g/mol.